The summed E-state index contributed by atoms with van der Waals surface area (Å²) in [6.07, 6.45) is 0.861. The average molecular weight is 355 g/mol. The van der Waals surface area contributed by atoms with E-state index in [0.29, 0.717) is 41.0 Å². The molecule has 0 atom stereocenters. The summed E-state index contributed by atoms with van der Waals surface area (Å²) in [7, 11) is 0. The first-order valence-electron chi connectivity index (χ1n) is 6.90. The Morgan fingerprint density at radius 1 is 1.22 bits per heavy atom. The Morgan fingerprint density at radius 3 is 2.78 bits per heavy atom. The Hall–Kier alpha value is -1.96. The second-order valence-electron chi connectivity index (χ2n) is 5.11. The summed E-state index contributed by atoms with van der Waals surface area (Å²) in [6, 6.07) is 5.23. The first-order chi connectivity index (χ1) is 10.7. The van der Waals surface area contributed by atoms with E-state index in [1.54, 1.807) is 12.1 Å². The fraction of sp³-hybridized carbons (Fsp3) is 0.267. The van der Waals surface area contributed by atoms with Gasteiger partial charge in [-0.3, -0.25) is 4.79 Å². The van der Waals surface area contributed by atoms with E-state index in [4.69, 9.17) is 19.9 Å². The zero-order valence-corrected chi connectivity index (χ0v) is 13.7. The number of halogens is 1. The number of rotatable bonds is 2. The highest BCUT2D eigenvalue weighted by Crippen LogP contribution is 2.38. The van der Waals surface area contributed by atoms with Crippen molar-refractivity contribution in [1.82, 2.24) is 0 Å². The van der Waals surface area contributed by atoms with Crippen molar-refractivity contribution < 1.29 is 19.0 Å². The zero-order valence-electron chi connectivity index (χ0n) is 12.1. The van der Waals surface area contributed by atoms with Crippen LogP contribution in [0.5, 0.6) is 11.5 Å². The van der Waals surface area contributed by atoms with Crippen molar-refractivity contribution in [2.75, 3.05) is 24.5 Å². The molecule has 1 aromatic heterocycles. The van der Waals surface area contributed by atoms with Crippen molar-refractivity contribution in [3.63, 3.8) is 0 Å². The van der Waals surface area contributed by atoms with Gasteiger partial charge in [0, 0.05) is 23.4 Å². The molecule has 23 heavy (non-hydrogen) atoms. The third kappa shape index (κ3) is 2.95. The van der Waals surface area contributed by atoms with Crippen molar-refractivity contribution in [2.45, 2.75) is 13.0 Å². The molecule has 0 unspecified atom stereocenters. The Morgan fingerprint density at radius 2 is 2.00 bits per heavy atom. The predicted molar refractivity (Wildman–Crippen MR) is 89.9 cm³/mol. The van der Waals surface area contributed by atoms with Crippen molar-refractivity contribution in [3.05, 3.63) is 33.5 Å². The van der Waals surface area contributed by atoms with Crippen LogP contribution >= 0.6 is 23.7 Å². The van der Waals surface area contributed by atoms with Crippen molar-refractivity contribution >= 4 is 41.0 Å². The summed E-state index contributed by atoms with van der Waals surface area (Å²) in [6.45, 7) is 1.46. The monoisotopic (exact) mass is 354 g/mol. The zero-order chi connectivity index (χ0) is 15.1. The molecule has 3 heterocycles. The highest BCUT2D eigenvalue weighted by Gasteiger charge is 2.20. The number of nitrogens with two attached hydrogens (primary N) is 1. The van der Waals surface area contributed by atoms with Gasteiger partial charge < -0.3 is 25.3 Å². The molecule has 4 rings (SSSR count). The minimum Gasteiger partial charge on any atom is -0.454 e. The smallest absolute Gasteiger partial charge is 0.265 e. The van der Waals surface area contributed by atoms with Crippen LogP contribution < -0.4 is 20.5 Å². The van der Waals surface area contributed by atoms with Crippen LogP contribution in [0.4, 0.5) is 11.4 Å². The molecule has 0 spiro atoms. The molecule has 2 aliphatic rings. The van der Waals surface area contributed by atoms with E-state index < -0.39 is 0 Å². The molecule has 0 fully saturated rings. The van der Waals surface area contributed by atoms with Gasteiger partial charge in [-0.05, 0) is 11.6 Å². The standard InChI is InChI=1S/C15H14N2O4S.ClH/c16-9-4-11-12(21-7-20-11)5-10(9)17-15(18)14-3-8-6-19-2-1-13(8)22-14;/h3-5H,1-2,6-7,16H2,(H,17,18);1H. The van der Waals surface area contributed by atoms with Crippen LogP contribution in [0.2, 0.25) is 0 Å². The summed E-state index contributed by atoms with van der Waals surface area (Å²) in [5, 5.41) is 2.84. The first kappa shape index (κ1) is 15.9. The van der Waals surface area contributed by atoms with E-state index in [9.17, 15) is 4.79 Å². The molecule has 1 aromatic carbocycles. The van der Waals surface area contributed by atoms with Crippen LogP contribution in [0.15, 0.2) is 18.2 Å². The molecular weight excluding hydrogens is 340 g/mol. The van der Waals surface area contributed by atoms with E-state index >= 15 is 0 Å². The fourth-order valence-corrected chi connectivity index (χ4v) is 3.55. The lowest BCUT2D eigenvalue weighted by atomic mass is 10.2. The van der Waals surface area contributed by atoms with E-state index in [0.717, 1.165) is 12.0 Å². The molecule has 0 aliphatic carbocycles. The van der Waals surface area contributed by atoms with Gasteiger partial charge in [0.15, 0.2) is 11.5 Å². The van der Waals surface area contributed by atoms with Crippen LogP contribution in [0, 0.1) is 0 Å². The quantitative estimate of drug-likeness (QED) is 0.810. The molecule has 3 N–H and O–H groups in total. The first-order valence-corrected chi connectivity index (χ1v) is 7.72. The van der Waals surface area contributed by atoms with Crippen molar-refractivity contribution in [1.29, 1.82) is 0 Å². The Kier molecular flexibility index (Phi) is 4.34. The second kappa shape index (κ2) is 6.27. The summed E-state index contributed by atoms with van der Waals surface area (Å²) in [4.78, 5) is 14.3. The number of carbonyl (C=O) groups excluding carboxylic acids is 1. The van der Waals surface area contributed by atoms with E-state index in [2.05, 4.69) is 5.32 Å². The Labute approximate surface area is 142 Å². The van der Waals surface area contributed by atoms with Gasteiger partial charge in [0.2, 0.25) is 6.79 Å². The van der Waals surface area contributed by atoms with Gasteiger partial charge in [-0.2, -0.15) is 0 Å². The maximum absolute atomic E-state index is 12.4. The lowest BCUT2D eigenvalue weighted by Gasteiger charge is -2.10. The Bertz CT molecular complexity index is 739. The van der Waals surface area contributed by atoms with E-state index in [-0.39, 0.29) is 25.1 Å². The number of amides is 1. The van der Waals surface area contributed by atoms with E-state index in [1.165, 1.54) is 16.2 Å². The number of ether oxygens (including phenoxy) is 3. The van der Waals surface area contributed by atoms with Gasteiger partial charge in [0.05, 0.1) is 29.5 Å². The molecule has 1 amide bonds. The van der Waals surface area contributed by atoms with Gasteiger partial charge in [0.25, 0.3) is 5.91 Å². The number of hydrogen-bond acceptors (Lipinski definition) is 6. The highest BCUT2D eigenvalue weighted by atomic mass is 35.5. The van der Waals surface area contributed by atoms with Crippen LogP contribution in [0.1, 0.15) is 20.1 Å². The highest BCUT2D eigenvalue weighted by molar-refractivity contribution is 7.14. The molecule has 122 valence electrons. The molecule has 2 aliphatic heterocycles. The maximum atomic E-state index is 12.4. The molecule has 0 saturated carbocycles. The SMILES string of the molecule is Cl.Nc1cc2c(cc1NC(=O)c1cc3c(s1)CCOC3)OCO2. The molecule has 0 bridgehead atoms. The largest absolute Gasteiger partial charge is 0.454 e. The molecule has 6 nitrogen and oxygen atoms in total. The van der Waals surface area contributed by atoms with Gasteiger partial charge in [-0.15, -0.1) is 23.7 Å². The number of thiophene rings is 1. The minimum atomic E-state index is -0.176. The van der Waals surface area contributed by atoms with Crippen molar-refractivity contribution in [3.8, 4) is 11.5 Å². The number of nitrogens with one attached hydrogen (secondary N) is 1. The third-order valence-corrected chi connectivity index (χ3v) is 4.88. The summed E-state index contributed by atoms with van der Waals surface area (Å²) in [5.74, 6) is 1.01. The van der Waals surface area contributed by atoms with Gasteiger partial charge >= 0.3 is 0 Å². The lowest BCUT2D eigenvalue weighted by molar-refractivity contribution is 0.102. The molecule has 8 heteroatoms. The second-order valence-corrected chi connectivity index (χ2v) is 6.25. The Balaban J connectivity index is 0.00000156. The third-order valence-electron chi connectivity index (χ3n) is 3.64. The normalized spacial score (nSPS) is 14.8. The average Bonchev–Trinajstić information content (AvgIpc) is 3.13. The summed E-state index contributed by atoms with van der Waals surface area (Å²) >= 11 is 1.51. The minimum absolute atomic E-state index is 0. The number of benzene rings is 1. The number of carbonyl (C=O) groups is 1. The lowest BCUT2D eigenvalue weighted by Crippen LogP contribution is -2.11. The molecule has 2 aromatic rings. The van der Waals surface area contributed by atoms with Gasteiger partial charge in [-0.25, -0.2) is 0 Å². The van der Waals surface area contributed by atoms with Crippen LogP contribution in [0.25, 0.3) is 0 Å². The number of anilines is 2. The fourth-order valence-electron chi connectivity index (χ4n) is 2.51. The van der Waals surface area contributed by atoms with Gasteiger partial charge in [-0.1, -0.05) is 0 Å². The van der Waals surface area contributed by atoms with E-state index in [1.807, 2.05) is 6.07 Å². The van der Waals surface area contributed by atoms with Crippen LogP contribution in [-0.2, 0) is 17.8 Å². The van der Waals surface area contributed by atoms with Crippen LogP contribution in [-0.4, -0.2) is 19.3 Å². The number of fused-ring (bicyclic) bond motifs is 2. The molecular formula is C15H15ClN2O4S. The number of hydrogen-bond donors (Lipinski definition) is 2. The van der Waals surface area contributed by atoms with Crippen LogP contribution in [0.3, 0.4) is 0 Å². The van der Waals surface area contributed by atoms with Crippen molar-refractivity contribution in [2.24, 2.45) is 0 Å². The maximum Gasteiger partial charge on any atom is 0.265 e. The van der Waals surface area contributed by atoms with Gasteiger partial charge in [0.1, 0.15) is 0 Å². The molecule has 0 saturated heterocycles. The molecule has 0 radical (unpaired) electrons. The summed E-state index contributed by atoms with van der Waals surface area (Å²) in [5.41, 5.74) is 8.02. The topological polar surface area (TPSA) is 82.8 Å². The summed E-state index contributed by atoms with van der Waals surface area (Å²) < 4.78 is 16.0. The number of nitrogen functional groups attached to an aromatic ring is 1. The predicted octanol–water partition coefficient (Wildman–Crippen LogP) is 2.81.